The Kier molecular flexibility index (Phi) is 4.06. The van der Waals surface area contributed by atoms with Crippen LogP contribution < -0.4 is 11.1 Å². The summed E-state index contributed by atoms with van der Waals surface area (Å²) in [5.41, 5.74) is 5.39. The molecule has 7 nitrogen and oxygen atoms in total. The zero-order valence-electron chi connectivity index (χ0n) is 11.3. The minimum atomic E-state index is -1.15. The van der Waals surface area contributed by atoms with Crippen LogP contribution >= 0.6 is 0 Å². The maximum Gasteiger partial charge on any atom is 0.341 e. The van der Waals surface area contributed by atoms with Gasteiger partial charge in [-0.2, -0.15) is 0 Å². The number of halogens is 1. The summed E-state index contributed by atoms with van der Waals surface area (Å²) in [6.45, 7) is 1.93. The van der Waals surface area contributed by atoms with Gasteiger partial charge in [0.15, 0.2) is 6.10 Å². The minimum absolute atomic E-state index is 0.0399. The van der Waals surface area contributed by atoms with E-state index in [9.17, 15) is 18.8 Å². The molecule has 0 bridgehead atoms. The Labute approximate surface area is 119 Å². The predicted molar refractivity (Wildman–Crippen MR) is 70.8 cm³/mol. The first-order valence-electron chi connectivity index (χ1n) is 6.25. The molecule has 0 saturated carbocycles. The number of hydrogen-bond acceptors (Lipinski definition) is 5. The van der Waals surface area contributed by atoms with E-state index in [2.05, 4.69) is 5.32 Å². The van der Waals surface area contributed by atoms with Gasteiger partial charge in [-0.25, -0.2) is 14.0 Å². The number of benzene rings is 1. The monoisotopic (exact) mass is 295 g/mol. The summed E-state index contributed by atoms with van der Waals surface area (Å²) >= 11 is 0. The molecule has 1 atom stereocenters. The molecule has 3 N–H and O–H groups in total. The number of nitrogens with zero attached hydrogens (tertiary/aromatic N) is 1. The van der Waals surface area contributed by atoms with Crippen LogP contribution in [-0.4, -0.2) is 42.0 Å². The number of urea groups is 1. The molecule has 2 rings (SSSR count). The fourth-order valence-electron chi connectivity index (χ4n) is 1.90. The van der Waals surface area contributed by atoms with Gasteiger partial charge < -0.3 is 15.8 Å². The van der Waals surface area contributed by atoms with Gasteiger partial charge in [0, 0.05) is 18.8 Å². The van der Waals surface area contributed by atoms with E-state index >= 15 is 0 Å². The fraction of sp³-hybridized carbons (Fsp3) is 0.308. The highest BCUT2D eigenvalue weighted by molar-refractivity contribution is 6.00. The van der Waals surface area contributed by atoms with Gasteiger partial charge in [-0.15, -0.1) is 0 Å². The van der Waals surface area contributed by atoms with Gasteiger partial charge in [-0.1, -0.05) is 0 Å². The Hall–Kier alpha value is -2.64. The zero-order valence-corrected chi connectivity index (χ0v) is 11.3. The number of imide groups is 1. The first kappa shape index (κ1) is 14.8. The number of hydrogen-bond donors (Lipinski definition) is 2. The number of ether oxygens (including phenoxy) is 1. The van der Waals surface area contributed by atoms with Crippen LogP contribution in [0, 0.1) is 5.82 Å². The van der Waals surface area contributed by atoms with Crippen LogP contribution in [0.5, 0.6) is 0 Å². The summed E-state index contributed by atoms with van der Waals surface area (Å²) in [5.74, 6) is -2.06. The summed E-state index contributed by atoms with van der Waals surface area (Å²) in [6.07, 6.45) is -1.15. The first-order valence-corrected chi connectivity index (χ1v) is 6.25. The lowest BCUT2D eigenvalue weighted by Gasteiger charge is -2.18. The van der Waals surface area contributed by atoms with Gasteiger partial charge in [-0.05, 0) is 25.1 Å². The maximum atomic E-state index is 12.9. The molecule has 0 unspecified atom stereocenters. The average Bonchev–Trinajstić information content (AvgIpc) is 2.83. The van der Waals surface area contributed by atoms with Crippen molar-refractivity contribution < 1.29 is 23.5 Å². The second kappa shape index (κ2) is 5.78. The van der Waals surface area contributed by atoms with Crippen molar-refractivity contribution in [2.45, 2.75) is 13.0 Å². The standard InChI is InChI=1S/C13H14FN3O4/c1-7(11(18)17-5-4-16-13(17)20)21-12(19)9-3-2-8(14)6-10(9)15/h2-3,6-7H,4-5,15H2,1H3,(H,16,20)/t7-/m0/s1. The van der Waals surface area contributed by atoms with E-state index in [1.165, 1.54) is 13.0 Å². The quantitative estimate of drug-likeness (QED) is 0.624. The average molecular weight is 295 g/mol. The summed E-state index contributed by atoms with van der Waals surface area (Å²) in [6, 6.07) is 2.70. The third-order valence-electron chi connectivity index (χ3n) is 2.99. The van der Waals surface area contributed by atoms with Crippen molar-refractivity contribution >= 4 is 23.6 Å². The largest absolute Gasteiger partial charge is 0.449 e. The molecule has 3 amide bonds. The van der Waals surface area contributed by atoms with Gasteiger partial charge in [-0.3, -0.25) is 9.69 Å². The fourth-order valence-corrected chi connectivity index (χ4v) is 1.90. The Morgan fingerprint density at radius 3 is 2.76 bits per heavy atom. The van der Waals surface area contributed by atoms with Crippen LogP contribution in [-0.2, 0) is 9.53 Å². The molecule has 21 heavy (non-hydrogen) atoms. The van der Waals surface area contributed by atoms with Gasteiger partial charge in [0.1, 0.15) is 5.82 Å². The number of esters is 1. The number of anilines is 1. The third kappa shape index (κ3) is 3.10. The molecule has 0 aromatic heterocycles. The molecule has 1 aromatic carbocycles. The molecule has 112 valence electrons. The number of carbonyl (C=O) groups excluding carboxylic acids is 3. The predicted octanol–water partition coefficient (Wildman–Crippen LogP) is 0.505. The highest BCUT2D eigenvalue weighted by Crippen LogP contribution is 2.16. The molecule has 1 fully saturated rings. The van der Waals surface area contributed by atoms with Crippen molar-refractivity contribution in [1.82, 2.24) is 10.2 Å². The van der Waals surface area contributed by atoms with Crippen LogP contribution in [0.4, 0.5) is 14.9 Å². The Morgan fingerprint density at radius 2 is 2.19 bits per heavy atom. The Bertz CT molecular complexity index is 605. The number of nitrogens with one attached hydrogen (secondary N) is 1. The molecular weight excluding hydrogens is 281 g/mol. The number of nitrogen functional groups attached to an aromatic ring is 1. The molecule has 1 aliphatic rings. The third-order valence-corrected chi connectivity index (χ3v) is 2.99. The summed E-state index contributed by atoms with van der Waals surface area (Å²) in [5, 5.41) is 2.47. The highest BCUT2D eigenvalue weighted by atomic mass is 19.1. The Balaban J connectivity index is 2.05. The molecule has 8 heteroatoms. The van der Waals surface area contributed by atoms with E-state index in [1.54, 1.807) is 0 Å². The van der Waals surface area contributed by atoms with Crippen LogP contribution in [0.2, 0.25) is 0 Å². The number of amides is 3. The van der Waals surface area contributed by atoms with Crippen molar-refractivity contribution in [3.05, 3.63) is 29.6 Å². The summed E-state index contributed by atoms with van der Waals surface area (Å²) < 4.78 is 17.9. The summed E-state index contributed by atoms with van der Waals surface area (Å²) in [7, 11) is 0. The van der Waals surface area contributed by atoms with Crippen molar-refractivity contribution in [1.29, 1.82) is 0 Å². The molecule has 1 aliphatic heterocycles. The van der Waals surface area contributed by atoms with Gasteiger partial charge >= 0.3 is 12.0 Å². The molecule has 0 aliphatic carbocycles. The second-order valence-electron chi connectivity index (χ2n) is 4.50. The second-order valence-corrected chi connectivity index (χ2v) is 4.50. The van der Waals surface area contributed by atoms with Crippen LogP contribution in [0.15, 0.2) is 18.2 Å². The molecular formula is C13H14FN3O4. The van der Waals surface area contributed by atoms with Crippen LogP contribution in [0.3, 0.4) is 0 Å². The topological polar surface area (TPSA) is 102 Å². The highest BCUT2D eigenvalue weighted by Gasteiger charge is 2.32. The maximum absolute atomic E-state index is 12.9. The van der Waals surface area contributed by atoms with Gasteiger partial charge in [0.05, 0.1) is 5.56 Å². The number of rotatable bonds is 3. The van der Waals surface area contributed by atoms with E-state index in [0.29, 0.717) is 6.54 Å². The minimum Gasteiger partial charge on any atom is -0.449 e. The van der Waals surface area contributed by atoms with Crippen molar-refractivity contribution in [2.75, 3.05) is 18.8 Å². The molecule has 0 spiro atoms. The summed E-state index contributed by atoms with van der Waals surface area (Å²) in [4.78, 5) is 36.2. The molecule has 1 aromatic rings. The van der Waals surface area contributed by atoms with Gasteiger partial charge in [0.2, 0.25) is 0 Å². The molecule has 1 heterocycles. The van der Waals surface area contributed by atoms with Crippen molar-refractivity contribution in [3.63, 3.8) is 0 Å². The normalized spacial score (nSPS) is 15.5. The SMILES string of the molecule is C[C@H](OC(=O)c1ccc(F)cc1N)C(=O)N1CCNC1=O. The molecule has 0 radical (unpaired) electrons. The van der Waals surface area contributed by atoms with Gasteiger partial charge in [0.25, 0.3) is 5.91 Å². The van der Waals surface area contributed by atoms with Crippen molar-refractivity contribution in [3.8, 4) is 0 Å². The van der Waals surface area contributed by atoms with Crippen LogP contribution in [0.25, 0.3) is 0 Å². The number of carbonyl (C=O) groups is 3. The van der Waals surface area contributed by atoms with E-state index in [-0.39, 0.29) is 17.8 Å². The first-order chi connectivity index (χ1) is 9.90. The molecule has 1 saturated heterocycles. The van der Waals surface area contributed by atoms with E-state index in [4.69, 9.17) is 10.5 Å². The smallest absolute Gasteiger partial charge is 0.341 e. The van der Waals surface area contributed by atoms with Crippen LogP contribution in [0.1, 0.15) is 17.3 Å². The van der Waals surface area contributed by atoms with E-state index < -0.39 is 29.8 Å². The van der Waals surface area contributed by atoms with E-state index in [1.807, 2.05) is 0 Å². The Morgan fingerprint density at radius 1 is 1.48 bits per heavy atom. The zero-order chi connectivity index (χ0) is 15.6. The number of nitrogens with two attached hydrogens (primary N) is 1. The van der Waals surface area contributed by atoms with E-state index in [0.717, 1.165) is 17.0 Å². The lowest BCUT2D eigenvalue weighted by atomic mass is 10.2. The lowest BCUT2D eigenvalue weighted by molar-refractivity contribution is -0.136. The van der Waals surface area contributed by atoms with Crippen molar-refractivity contribution in [2.24, 2.45) is 0 Å². The lowest BCUT2D eigenvalue weighted by Crippen LogP contribution is -2.41.